The summed E-state index contributed by atoms with van der Waals surface area (Å²) in [5.41, 5.74) is 0. The third kappa shape index (κ3) is 20.3. The third-order valence-electron chi connectivity index (χ3n) is 13.1. The van der Waals surface area contributed by atoms with Gasteiger partial charge in [0.2, 0.25) is 5.91 Å². The molecule has 0 radical (unpaired) electrons. The maximum atomic E-state index is 12.4. The minimum atomic E-state index is -1.97. The number of amides is 1. The topological polar surface area (TPSA) is 307 Å². The first-order valence-electron chi connectivity index (χ1n) is 25.4. The molecule has 1 amide bonds. The van der Waals surface area contributed by atoms with Gasteiger partial charge in [0.1, 0.15) is 73.2 Å². The molecule has 12 N–H and O–H groups in total. The van der Waals surface area contributed by atoms with Crippen LogP contribution in [0.2, 0.25) is 0 Å². The molecular formula is C48H89NO18. The highest BCUT2D eigenvalue weighted by molar-refractivity contribution is 5.75. The molecule has 0 aromatic heterocycles. The number of rotatable bonds is 35. The molecule has 3 aliphatic heterocycles. The van der Waals surface area contributed by atoms with Crippen molar-refractivity contribution in [2.24, 2.45) is 0 Å². The van der Waals surface area contributed by atoms with Crippen LogP contribution in [0.5, 0.6) is 0 Å². The van der Waals surface area contributed by atoms with E-state index < -0.39 is 124 Å². The van der Waals surface area contributed by atoms with Gasteiger partial charge in [-0.2, -0.15) is 0 Å². The summed E-state index contributed by atoms with van der Waals surface area (Å²) in [6.45, 7) is 1.13. The predicted octanol–water partition coefficient (Wildman–Crippen LogP) is 1.48. The van der Waals surface area contributed by atoms with Gasteiger partial charge in [0.05, 0.1) is 38.6 Å². The van der Waals surface area contributed by atoms with Crippen molar-refractivity contribution >= 4 is 5.91 Å². The van der Waals surface area contributed by atoms with Crippen LogP contribution in [0.15, 0.2) is 12.2 Å². The smallest absolute Gasteiger partial charge is 0.220 e. The lowest BCUT2D eigenvalue weighted by Gasteiger charge is -2.48. The van der Waals surface area contributed by atoms with E-state index in [-0.39, 0.29) is 18.9 Å². The van der Waals surface area contributed by atoms with Crippen LogP contribution in [0, 0.1) is 0 Å². The van der Waals surface area contributed by atoms with Crippen molar-refractivity contribution in [1.82, 2.24) is 5.32 Å². The number of aliphatic hydroxyl groups is 11. The lowest BCUT2D eigenvalue weighted by Crippen LogP contribution is -2.66. The fraction of sp³-hybridized carbons (Fsp3) is 0.938. The first kappa shape index (κ1) is 59.8. The van der Waals surface area contributed by atoms with Gasteiger partial charge in [-0.05, 0) is 12.8 Å². The van der Waals surface area contributed by atoms with Crippen LogP contribution in [0.1, 0.15) is 155 Å². The predicted molar refractivity (Wildman–Crippen MR) is 245 cm³/mol. The second-order valence-electron chi connectivity index (χ2n) is 18.6. The van der Waals surface area contributed by atoms with Gasteiger partial charge in [0.25, 0.3) is 0 Å². The van der Waals surface area contributed by atoms with E-state index in [1.54, 1.807) is 13.0 Å². The number of nitrogens with one attached hydrogen (secondary N) is 1. The van der Waals surface area contributed by atoms with Crippen LogP contribution in [-0.2, 0) is 33.2 Å². The fourth-order valence-electron chi connectivity index (χ4n) is 8.80. The summed E-state index contributed by atoms with van der Waals surface area (Å²) in [4.78, 5) is 12.4. The van der Waals surface area contributed by atoms with Crippen molar-refractivity contribution in [3.63, 3.8) is 0 Å². The van der Waals surface area contributed by atoms with E-state index in [0.29, 0.717) is 0 Å². The van der Waals surface area contributed by atoms with Crippen molar-refractivity contribution in [3.05, 3.63) is 12.2 Å². The minimum Gasteiger partial charge on any atom is -0.394 e. The van der Waals surface area contributed by atoms with Gasteiger partial charge in [0.15, 0.2) is 18.9 Å². The lowest BCUT2D eigenvalue weighted by molar-refractivity contribution is -0.379. The fourth-order valence-corrected chi connectivity index (χ4v) is 8.80. The molecule has 67 heavy (non-hydrogen) atoms. The monoisotopic (exact) mass is 968 g/mol. The first-order chi connectivity index (χ1) is 32.3. The highest BCUT2D eigenvalue weighted by Gasteiger charge is 2.53. The molecule has 3 saturated heterocycles. The summed E-state index contributed by atoms with van der Waals surface area (Å²) in [6, 6.07) is -0.964. The van der Waals surface area contributed by atoms with Crippen LogP contribution in [0.25, 0.3) is 0 Å². The molecule has 0 saturated carbocycles. The Bertz CT molecular complexity index is 1300. The number of ether oxygens (including phenoxy) is 6. The average Bonchev–Trinajstić information content (AvgIpc) is 3.33. The van der Waals surface area contributed by atoms with Crippen molar-refractivity contribution in [2.75, 3.05) is 26.4 Å². The molecule has 17 atom stereocenters. The molecule has 0 spiro atoms. The van der Waals surface area contributed by atoms with Crippen molar-refractivity contribution < 1.29 is 89.4 Å². The van der Waals surface area contributed by atoms with E-state index in [2.05, 4.69) is 12.2 Å². The summed E-state index contributed by atoms with van der Waals surface area (Å²) < 4.78 is 33.7. The van der Waals surface area contributed by atoms with Gasteiger partial charge in [0, 0.05) is 6.42 Å². The molecule has 0 bridgehead atoms. The molecule has 394 valence electrons. The molecule has 3 heterocycles. The Labute approximate surface area is 397 Å². The summed E-state index contributed by atoms with van der Waals surface area (Å²) in [7, 11) is 0. The molecule has 19 heteroatoms. The Hall–Kier alpha value is -1.47. The van der Waals surface area contributed by atoms with Gasteiger partial charge in [-0.1, -0.05) is 148 Å². The molecule has 3 rings (SSSR count). The van der Waals surface area contributed by atoms with Gasteiger partial charge >= 0.3 is 0 Å². The Kier molecular flexibility index (Phi) is 30.4. The summed E-state index contributed by atoms with van der Waals surface area (Å²) in [5, 5.41) is 118. The molecule has 0 aromatic rings. The minimum absolute atomic E-state index is 0.126. The molecule has 17 unspecified atom stereocenters. The van der Waals surface area contributed by atoms with Crippen molar-refractivity contribution in [2.45, 2.75) is 259 Å². The standard InChI is InChI=1S/C48H89NO18/c1-3-5-6-7-8-9-10-11-12-13-14-15-16-17-18-19-20-21-22-23-24-25-26-32(53)31(49-36(54)4-2)30-62-46-42(60)39(57)44(34(28-51)64-46)67-48-43(61)40(58)45(35(29-52)65-48)66-47-41(59)38(56)37(55)33(27-50)63-47/h25-26,31-35,37-48,50-53,55-61H,3-24,27-30H2,1-2H3,(H,49,54)/b26-25+. The highest BCUT2D eigenvalue weighted by Crippen LogP contribution is 2.33. The summed E-state index contributed by atoms with van der Waals surface area (Å²) >= 11 is 0. The zero-order chi connectivity index (χ0) is 49.1. The van der Waals surface area contributed by atoms with Crippen molar-refractivity contribution in [1.29, 1.82) is 0 Å². The van der Waals surface area contributed by atoms with Crippen LogP contribution < -0.4 is 5.32 Å². The maximum absolute atomic E-state index is 12.4. The Balaban J connectivity index is 1.38. The SMILES string of the molecule is CCCCCCCCCCCCCCCCCCCCCC/C=C/C(O)C(COC1OC(CO)C(OC2OC(CO)C(OC3OC(CO)C(O)C(O)C3O)C(O)C2O)C(O)C1O)NC(=O)CC. The highest BCUT2D eigenvalue weighted by atomic mass is 16.8. The van der Waals surface area contributed by atoms with Crippen LogP contribution >= 0.6 is 0 Å². The number of aliphatic hydroxyl groups excluding tert-OH is 11. The Morgan fingerprint density at radius 1 is 0.522 bits per heavy atom. The van der Waals surface area contributed by atoms with Gasteiger partial charge in [-0.15, -0.1) is 0 Å². The van der Waals surface area contributed by atoms with E-state index in [0.717, 1.165) is 25.7 Å². The number of carbonyl (C=O) groups is 1. The van der Waals surface area contributed by atoms with Gasteiger partial charge < -0.3 is 89.9 Å². The van der Waals surface area contributed by atoms with E-state index in [1.165, 1.54) is 109 Å². The molecule has 19 nitrogen and oxygen atoms in total. The van der Waals surface area contributed by atoms with Crippen LogP contribution in [0.4, 0.5) is 0 Å². The zero-order valence-electron chi connectivity index (χ0n) is 40.1. The largest absolute Gasteiger partial charge is 0.394 e. The van der Waals surface area contributed by atoms with Crippen molar-refractivity contribution in [3.8, 4) is 0 Å². The summed E-state index contributed by atoms with van der Waals surface area (Å²) in [5.74, 6) is -0.364. The molecule has 0 aliphatic carbocycles. The number of carbonyl (C=O) groups excluding carboxylic acids is 1. The maximum Gasteiger partial charge on any atom is 0.220 e. The summed E-state index contributed by atoms with van der Waals surface area (Å²) in [6.07, 6.45) is 3.64. The number of hydrogen-bond acceptors (Lipinski definition) is 18. The molecule has 0 aromatic carbocycles. The third-order valence-corrected chi connectivity index (χ3v) is 13.1. The van der Waals surface area contributed by atoms with E-state index >= 15 is 0 Å². The normalized spacial score (nSPS) is 33.5. The second-order valence-corrected chi connectivity index (χ2v) is 18.6. The number of unbranched alkanes of at least 4 members (excludes halogenated alkanes) is 20. The lowest BCUT2D eigenvalue weighted by atomic mass is 9.96. The quantitative estimate of drug-likeness (QED) is 0.0316. The number of allylic oxidation sites excluding steroid dienone is 1. The molecular weight excluding hydrogens is 879 g/mol. The first-order valence-corrected chi connectivity index (χ1v) is 25.4. The Morgan fingerprint density at radius 3 is 1.34 bits per heavy atom. The van der Waals surface area contributed by atoms with E-state index in [9.17, 15) is 61.0 Å². The van der Waals surface area contributed by atoms with Crippen LogP contribution in [-0.4, -0.2) is 193 Å². The second kappa shape index (κ2) is 34.0. The van der Waals surface area contributed by atoms with Gasteiger partial charge in [-0.25, -0.2) is 0 Å². The van der Waals surface area contributed by atoms with E-state index in [1.807, 2.05) is 6.08 Å². The Morgan fingerprint density at radius 2 is 0.910 bits per heavy atom. The van der Waals surface area contributed by atoms with Crippen LogP contribution in [0.3, 0.4) is 0 Å². The average molecular weight is 968 g/mol. The molecule has 3 fully saturated rings. The number of hydrogen-bond donors (Lipinski definition) is 12. The molecule has 3 aliphatic rings. The van der Waals surface area contributed by atoms with E-state index in [4.69, 9.17) is 28.4 Å². The van der Waals surface area contributed by atoms with Gasteiger partial charge in [-0.3, -0.25) is 4.79 Å². The zero-order valence-corrected chi connectivity index (χ0v) is 40.1.